The lowest BCUT2D eigenvalue weighted by atomic mass is 10.3. The van der Waals surface area contributed by atoms with E-state index in [0.29, 0.717) is 5.69 Å². The Morgan fingerprint density at radius 3 is 2.70 bits per heavy atom. The number of pyridine rings is 1. The molecule has 8 heteroatoms. The van der Waals surface area contributed by atoms with E-state index in [2.05, 4.69) is 15.0 Å². The summed E-state index contributed by atoms with van der Waals surface area (Å²) < 4.78 is 32.3. The topological polar surface area (TPSA) is 97.4 Å². The van der Waals surface area contributed by atoms with Crippen molar-refractivity contribution in [3.8, 4) is 5.75 Å². The highest BCUT2D eigenvalue weighted by molar-refractivity contribution is 7.89. The fourth-order valence-corrected chi connectivity index (χ4v) is 2.93. The molecule has 122 valence electrons. The highest BCUT2D eigenvalue weighted by Gasteiger charge is 2.16. The predicted molar refractivity (Wildman–Crippen MR) is 85.6 cm³/mol. The van der Waals surface area contributed by atoms with Crippen LogP contribution in [0.3, 0.4) is 0 Å². The molecule has 0 saturated heterocycles. The summed E-state index contributed by atoms with van der Waals surface area (Å²) in [5.41, 5.74) is 1.16. The molecule has 0 atom stereocenters. The van der Waals surface area contributed by atoms with Gasteiger partial charge < -0.3 is 10.1 Å². The number of nitrogens with one attached hydrogen (secondary N) is 2. The third-order valence-corrected chi connectivity index (χ3v) is 4.38. The quantitative estimate of drug-likeness (QED) is 0.834. The molecule has 0 radical (unpaired) electrons. The minimum absolute atomic E-state index is 0.0485. The molecular formula is C15H17N3O4S. The van der Waals surface area contributed by atoms with Crippen molar-refractivity contribution in [1.82, 2.24) is 9.71 Å². The van der Waals surface area contributed by atoms with Gasteiger partial charge in [0.15, 0.2) is 0 Å². The van der Waals surface area contributed by atoms with Gasteiger partial charge in [-0.3, -0.25) is 9.78 Å². The molecular weight excluding hydrogens is 318 g/mol. The van der Waals surface area contributed by atoms with E-state index in [-0.39, 0.29) is 23.1 Å². The van der Waals surface area contributed by atoms with Crippen molar-refractivity contribution >= 4 is 21.6 Å². The minimum atomic E-state index is -3.71. The first kappa shape index (κ1) is 16.9. The largest absolute Gasteiger partial charge is 0.495 e. The molecule has 0 aliphatic heterocycles. The van der Waals surface area contributed by atoms with Crippen LogP contribution in [-0.2, 0) is 21.4 Å². The first-order valence-corrected chi connectivity index (χ1v) is 8.25. The predicted octanol–water partition coefficient (Wildman–Crippen LogP) is 1.53. The Hall–Kier alpha value is -2.45. The lowest BCUT2D eigenvalue weighted by molar-refractivity contribution is -0.114. The van der Waals surface area contributed by atoms with Gasteiger partial charge in [-0.2, -0.15) is 0 Å². The van der Waals surface area contributed by atoms with E-state index < -0.39 is 10.0 Å². The van der Waals surface area contributed by atoms with Crippen molar-refractivity contribution in [3.63, 3.8) is 0 Å². The second-order valence-electron chi connectivity index (χ2n) is 4.73. The Morgan fingerprint density at radius 2 is 2.09 bits per heavy atom. The van der Waals surface area contributed by atoms with Crippen molar-refractivity contribution < 1.29 is 17.9 Å². The number of ether oxygens (including phenoxy) is 1. The zero-order chi connectivity index (χ0) is 16.9. The summed E-state index contributed by atoms with van der Waals surface area (Å²) in [6.07, 6.45) is 3.20. The molecule has 2 N–H and O–H groups in total. The van der Waals surface area contributed by atoms with Gasteiger partial charge in [0.2, 0.25) is 15.9 Å². The van der Waals surface area contributed by atoms with Crippen molar-refractivity contribution in [2.24, 2.45) is 0 Å². The van der Waals surface area contributed by atoms with Gasteiger partial charge in [0.05, 0.1) is 17.7 Å². The number of methoxy groups -OCH3 is 1. The molecule has 0 fully saturated rings. The zero-order valence-electron chi connectivity index (χ0n) is 12.7. The van der Waals surface area contributed by atoms with Gasteiger partial charge >= 0.3 is 0 Å². The van der Waals surface area contributed by atoms with E-state index in [9.17, 15) is 13.2 Å². The fourth-order valence-electron chi connectivity index (χ4n) is 1.90. The number of sulfonamides is 1. The Kier molecular flexibility index (Phi) is 5.30. The highest BCUT2D eigenvalue weighted by atomic mass is 32.2. The van der Waals surface area contributed by atoms with Crippen LogP contribution >= 0.6 is 0 Å². The van der Waals surface area contributed by atoms with Crippen LogP contribution < -0.4 is 14.8 Å². The number of carbonyl (C=O) groups excluding carboxylic acids is 1. The molecule has 1 amide bonds. The monoisotopic (exact) mass is 335 g/mol. The third-order valence-electron chi connectivity index (χ3n) is 2.98. The average Bonchev–Trinajstić information content (AvgIpc) is 2.54. The molecule has 23 heavy (non-hydrogen) atoms. The van der Waals surface area contributed by atoms with Crippen LogP contribution in [0.5, 0.6) is 5.75 Å². The number of rotatable bonds is 6. The van der Waals surface area contributed by atoms with Crippen molar-refractivity contribution in [2.75, 3.05) is 12.4 Å². The Morgan fingerprint density at radius 1 is 1.30 bits per heavy atom. The van der Waals surface area contributed by atoms with Gasteiger partial charge in [0, 0.05) is 31.9 Å². The number of benzene rings is 1. The summed E-state index contributed by atoms with van der Waals surface area (Å²) in [5, 5.41) is 2.57. The average molecular weight is 335 g/mol. The zero-order valence-corrected chi connectivity index (χ0v) is 13.6. The Balaban J connectivity index is 2.20. The molecule has 0 bridgehead atoms. The van der Waals surface area contributed by atoms with Crippen LogP contribution in [0.2, 0.25) is 0 Å². The summed E-state index contributed by atoms with van der Waals surface area (Å²) in [6.45, 7) is 1.49. The maximum absolute atomic E-state index is 12.3. The summed E-state index contributed by atoms with van der Waals surface area (Å²) in [7, 11) is -2.30. The van der Waals surface area contributed by atoms with Gasteiger partial charge in [-0.05, 0) is 23.8 Å². The summed E-state index contributed by atoms with van der Waals surface area (Å²) in [4.78, 5) is 15.1. The van der Waals surface area contributed by atoms with E-state index in [1.807, 2.05) is 0 Å². The van der Waals surface area contributed by atoms with E-state index >= 15 is 0 Å². The van der Waals surface area contributed by atoms with Gasteiger partial charge in [0.25, 0.3) is 0 Å². The van der Waals surface area contributed by atoms with Crippen molar-refractivity contribution in [3.05, 3.63) is 48.3 Å². The molecule has 0 unspecified atom stereocenters. The first-order chi connectivity index (χ1) is 10.9. The van der Waals surface area contributed by atoms with E-state index in [0.717, 1.165) is 5.56 Å². The summed E-state index contributed by atoms with van der Waals surface area (Å²) in [5.74, 6) is -0.00179. The molecule has 0 saturated carbocycles. The number of aromatic nitrogens is 1. The standard InChI is InChI=1S/C15H17N3O4S/c1-11(19)18-14-6-5-13(8-15(14)22-2)23(20,21)17-10-12-4-3-7-16-9-12/h3-9,17H,10H2,1-2H3,(H,18,19). The van der Waals surface area contributed by atoms with E-state index in [1.54, 1.807) is 24.5 Å². The molecule has 0 aliphatic rings. The molecule has 2 rings (SSSR count). The summed E-state index contributed by atoms with van der Waals surface area (Å²) in [6, 6.07) is 7.75. The Labute approximate surface area is 134 Å². The van der Waals surface area contributed by atoms with Crippen LogP contribution in [0.1, 0.15) is 12.5 Å². The lowest BCUT2D eigenvalue weighted by Gasteiger charge is -2.12. The van der Waals surface area contributed by atoms with Crippen molar-refractivity contribution in [2.45, 2.75) is 18.4 Å². The molecule has 1 heterocycles. The third kappa shape index (κ3) is 4.51. The van der Waals surface area contributed by atoms with Crippen LogP contribution in [0.25, 0.3) is 0 Å². The molecule has 7 nitrogen and oxygen atoms in total. The van der Waals surface area contributed by atoms with E-state index in [4.69, 9.17) is 4.74 Å². The number of hydrogen-bond donors (Lipinski definition) is 2. The van der Waals surface area contributed by atoms with Crippen LogP contribution in [0, 0.1) is 0 Å². The van der Waals surface area contributed by atoms with Gasteiger partial charge in [-0.15, -0.1) is 0 Å². The number of hydrogen-bond acceptors (Lipinski definition) is 5. The lowest BCUT2D eigenvalue weighted by Crippen LogP contribution is -2.23. The maximum Gasteiger partial charge on any atom is 0.241 e. The van der Waals surface area contributed by atoms with Crippen LogP contribution in [0.4, 0.5) is 5.69 Å². The Bertz CT molecular complexity index is 792. The van der Waals surface area contributed by atoms with Gasteiger partial charge in [0.1, 0.15) is 5.75 Å². The van der Waals surface area contributed by atoms with Crippen LogP contribution in [-0.4, -0.2) is 26.4 Å². The van der Waals surface area contributed by atoms with Crippen molar-refractivity contribution in [1.29, 1.82) is 0 Å². The van der Waals surface area contributed by atoms with Gasteiger partial charge in [-0.25, -0.2) is 13.1 Å². The van der Waals surface area contributed by atoms with Gasteiger partial charge in [-0.1, -0.05) is 6.07 Å². The first-order valence-electron chi connectivity index (χ1n) is 6.76. The molecule has 0 aliphatic carbocycles. The highest BCUT2D eigenvalue weighted by Crippen LogP contribution is 2.27. The molecule has 1 aromatic heterocycles. The molecule has 2 aromatic rings. The summed E-state index contributed by atoms with van der Waals surface area (Å²) >= 11 is 0. The number of anilines is 1. The smallest absolute Gasteiger partial charge is 0.241 e. The normalized spacial score (nSPS) is 11.0. The molecule has 0 spiro atoms. The second kappa shape index (κ2) is 7.21. The second-order valence-corrected chi connectivity index (χ2v) is 6.50. The minimum Gasteiger partial charge on any atom is -0.495 e. The fraction of sp³-hybridized carbons (Fsp3) is 0.200. The maximum atomic E-state index is 12.3. The number of nitrogens with zero attached hydrogens (tertiary/aromatic N) is 1. The van der Waals surface area contributed by atoms with Crippen LogP contribution in [0.15, 0.2) is 47.6 Å². The van der Waals surface area contributed by atoms with E-state index in [1.165, 1.54) is 32.2 Å². The SMILES string of the molecule is COc1cc(S(=O)(=O)NCc2cccnc2)ccc1NC(C)=O. The number of amides is 1. The number of carbonyl (C=O) groups is 1. The molecule has 1 aromatic carbocycles.